The molecule has 18 heavy (non-hydrogen) atoms. The quantitative estimate of drug-likeness (QED) is 0.848. The van der Waals surface area contributed by atoms with Crippen molar-refractivity contribution in [2.45, 2.75) is 31.7 Å². The average Bonchev–Trinajstić information content (AvgIpc) is 3.16. The van der Waals surface area contributed by atoms with E-state index in [9.17, 15) is 9.90 Å². The predicted octanol–water partition coefficient (Wildman–Crippen LogP) is 3.14. The topological polar surface area (TPSA) is 49.3 Å². The first-order valence-electron chi connectivity index (χ1n) is 6.33. The third kappa shape index (κ3) is 2.75. The molecule has 1 unspecified atom stereocenters. The number of aliphatic carboxylic acids is 1. The molecule has 3 nitrogen and oxygen atoms in total. The summed E-state index contributed by atoms with van der Waals surface area (Å²) >= 11 is 3.38. The van der Waals surface area contributed by atoms with Crippen molar-refractivity contribution >= 4 is 21.9 Å². The summed E-state index contributed by atoms with van der Waals surface area (Å²) in [6.07, 6.45) is 2.97. The van der Waals surface area contributed by atoms with E-state index in [1.54, 1.807) is 0 Å². The number of benzene rings is 1. The van der Waals surface area contributed by atoms with Crippen molar-refractivity contribution in [2.24, 2.45) is 5.92 Å². The maximum absolute atomic E-state index is 11.7. The van der Waals surface area contributed by atoms with Crippen molar-refractivity contribution < 1.29 is 9.90 Å². The van der Waals surface area contributed by atoms with Crippen molar-refractivity contribution in [2.75, 3.05) is 6.54 Å². The Labute approximate surface area is 116 Å². The van der Waals surface area contributed by atoms with Crippen LogP contribution in [0.25, 0.3) is 0 Å². The molecule has 0 aromatic heterocycles. The lowest BCUT2D eigenvalue weighted by molar-refractivity contribution is -0.145. The first-order valence-corrected chi connectivity index (χ1v) is 7.12. The van der Waals surface area contributed by atoms with E-state index in [0.29, 0.717) is 12.3 Å². The van der Waals surface area contributed by atoms with Crippen LogP contribution in [-0.4, -0.2) is 17.6 Å². The van der Waals surface area contributed by atoms with Gasteiger partial charge in [-0.25, -0.2) is 4.79 Å². The van der Waals surface area contributed by atoms with E-state index in [-0.39, 0.29) is 0 Å². The normalized spacial score (nSPS) is 18.3. The fourth-order valence-corrected chi connectivity index (χ4v) is 2.42. The maximum atomic E-state index is 11.7. The Bertz CT molecular complexity index is 428. The second-order valence-electron chi connectivity index (χ2n) is 4.90. The van der Waals surface area contributed by atoms with Gasteiger partial charge in [0.05, 0.1) is 0 Å². The van der Waals surface area contributed by atoms with Crippen LogP contribution in [0.15, 0.2) is 28.7 Å². The largest absolute Gasteiger partial charge is 0.480 e. The zero-order valence-corrected chi connectivity index (χ0v) is 12.0. The Morgan fingerprint density at radius 3 is 2.50 bits per heavy atom. The molecular weight excluding hydrogens is 294 g/mol. The Balaban J connectivity index is 2.26. The highest BCUT2D eigenvalue weighted by molar-refractivity contribution is 9.10. The zero-order valence-electron chi connectivity index (χ0n) is 10.4. The van der Waals surface area contributed by atoms with Gasteiger partial charge in [-0.15, -0.1) is 0 Å². The molecule has 4 heteroatoms. The number of hydrogen-bond acceptors (Lipinski definition) is 2. The van der Waals surface area contributed by atoms with Gasteiger partial charge in [0.2, 0.25) is 0 Å². The number of carboxylic acids is 1. The van der Waals surface area contributed by atoms with E-state index in [1.165, 1.54) is 12.8 Å². The van der Waals surface area contributed by atoms with E-state index in [4.69, 9.17) is 0 Å². The average molecular weight is 312 g/mol. The summed E-state index contributed by atoms with van der Waals surface area (Å²) in [6.45, 7) is 2.70. The van der Waals surface area contributed by atoms with Gasteiger partial charge in [0.15, 0.2) is 0 Å². The van der Waals surface area contributed by atoms with E-state index >= 15 is 0 Å². The van der Waals surface area contributed by atoms with Crippen LogP contribution in [0.4, 0.5) is 0 Å². The number of rotatable bonds is 6. The van der Waals surface area contributed by atoms with Crippen molar-refractivity contribution in [1.29, 1.82) is 0 Å². The molecule has 0 spiro atoms. The minimum atomic E-state index is -0.955. The van der Waals surface area contributed by atoms with Crippen molar-refractivity contribution in [1.82, 2.24) is 5.32 Å². The summed E-state index contributed by atoms with van der Waals surface area (Å²) in [5, 5.41) is 12.9. The van der Waals surface area contributed by atoms with Crippen molar-refractivity contribution in [3.05, 3.63) is 34.3 Å². The molecule has 1 aromatic rings. The van der Waals surface area contributed by atoms with Crippen LogP contribution in [0, 0.1) is 5.92 Å². The van der Waals surface area contributed by atoms with Crippen LogP contribution < -0.4 is 5.32 Å². The molecule has 2 rings (SSSR count). The summed E-state index contributed by atoms with van der Waals surface area (Å²) in [7, 11) is 0. The molecule has 1 fully saturated rings. The third-order valence-electron chi connectivity index (χ3n) is 3.62. The first kappa shape index (κ1) is 13.6. The van der Waals surface area contributed by atoms with Gasteiger partial charge in [0.1, 0.15) is 5.54 Å². The molecule has 1 aliphatic carbocycles. The molecule has 1 atom stereocenters. The van der Waals surface area contributed by atoms with Crippen molar-refractivity contribution in [3.63, 3.8) is 0 Å². The lowest BCUT2D eigenvalue weighted by Gasteiger charge is -2.30. The number of halogens is 1. The van der Waals surface area contributed by atoms with Crippen LogP contribution in [0.5, 0.6) is 0 Å². The van der Waals surface area contributed by atoms with Gasteiger partial charge in [0, 0.05) is 4.47 Å². The molecule has 0 amide bonds. The van der Waals surface area contributed by atoms with E-state index in [0.717, 1.165) is 16.6 Å². The van der Waals surface area contributed by atoms with Gasteiger partial charge in [-0.2, -0.15) is 0 Å². The lowest BCUT2D eigenvalue weighted by Crippen LogP contribution is -2.49. The highest BCUT2D eigenvalue weighted by Crippen LogP contribution is 2.32. The van der Waals surface area contributed by atoms with Crippen LogP contribution in [0.3, 0.4) is 0 Å². The molecule has 2 N–H and O–H groups in total. The SMILES string of the molecule is CCC(NCC1CC1)(C(=O)O)c1ccc(Br)cc1. The molecule has 1 saturated carbocycles. The molecular formula is C14H18BrNO2. The van der Waals surface area contributed by atoms with Gasteiger partial charge >= 0.3 is 5.97 Å². The minimum Gasteiger partial charge on any atom is -0.480 e. The maximum Gasteiger partial charge on any atom is 0.328 e. The summed E-state index contributed by atoms with van der Waals surface area (Å²) < 4.78 is 0.962. The standard InChI is InChI=1S/C14H18BrNO2/c1-2-14(13(17)18,16-9-10-3-4-10)11-5-7-12(15)8-6-11/h5-8,10,16H,2-4,9H2,1H3,(H,17,18). The fraction of sp³-hybridized carbons (Fsp3) is 0.500. The molecule has 1 aliphatic rings. The molecule has 0 heterocycles. The zero-order chi connectivity index (χ0) is 13.2. The summed E-state index contributed by atoms with van der Waals surface area (Å²) in [5.74, 6) is -0.140. The molecule has 0 saturated heterocycles. The Kier molecular flexibility index (Phi) is 4.07. The van der Waals surface area contributed by atoms with Gasteiger partial charge in [0.25, 0.3) is 0 Å². The Hall–Kier alpha value is -0.870. The smallest absolute Gasteiger partial charge is 0.328 e. The van der Waals surface area contributed by atoms with Crippen LogP contribution in [-0.2, 0) is 10.3 Å². The number of nitrogens with one attached hydrogen (secondary N) is 1. The fourth-order valence-electron chi connectivity index (χ4n) is 2.16. The lowest BCUT2D eigenvalue weighted by atomic mass is 9.87. The summed E-state index contributed by atoms with van der Waals surface area (Å²) in [6, 6.07) is 7.53. The molecule has 0 radical (unpaired) electrons. The van der Waals surface area contributed by atoms with E-state index in [1.807, 2.05) is 31.2 Å². The minimum absolute atomic E-state index is 0.538. The second-order valence-corrected chi connectivity index (χ2v) is 5.81. The predicted molar refractivity (Wildman–Crippen MR) is 74.5 cm³/mol. The van der Waals surface area contributed by atoms with Gasteiger partial charge in [-0.05, 0) is 49.4 Å². The summed E-state index contributed by atoms with van der Waals surface area (Å²) in [5.41, 5.74) is -0.134. The Morgan fingerprint density at radius 1 is 1.44 bits per heavy atom. The molecule has 0 aliphatic heterocycles. The van der Waals surface area contributed by atoms with Gasteiger partial charge in [-0.1, -0.05) is 35.0 Å². The monoisotopic (exact) mass is 311 g/mol. The van der Waals surface area contributed by atoms with Gasteiger partial charge in [-0.3, -0.25) is 5.32 Å². The van der Waals surface area contributed by atoms with Crippen molar-refractivity contribution in [3.8, 4) is 0 Å². The molecule has 98 valence electrons. The molecule has 0 bridgehead atoms. The van der Waals surface area contributed by atoms with Crippen LogP contribution >= 0.6 is 15.9 Å². The summed E-state index contributed by atoms with van der Waals surface area (Å²) in [4.78, 5) is 11.7. The number of hydrogen-bond donors (Lipinski definition) is 2. The Morgan fingerprint density at radius 2 is 2.06 bits per heavy atom. The van der Waals surface area contributed by atoms with E-state index in [2.05, 4.69) is 21.2 Å². The highest BCUT2D eigenvalue weighted by Gasteiger charge is 2.39. The number of carboxylic acid groups (broad SMARTS) is 1. The molecule has 1 aromatic carbocycles. The van der Waals surface area contributed by atoms with Crippen LogP contribution in [0.2, 0.25) is 0 Å². The third-order valence-corrected chi connectivity index (χ3v) is 4.15. The first-order chi connectivity index (χ1) is 8.58. The number of carbonyl (C=O) groups is 1. The van der Waals surface area contributed by atoms with Gasteiger partial charge < -0.3 is 5.11 Å². The van der Waals surface area contributed by atoms with E-state index < -0.39 is 11.5 Å². The highest BCUT2D eigenvalue weighted by atomic mass is 79.9. The second kappa shape index (κ2) is 5.41. The van der Waals surface area contributed by atoms with Crippen LogP contribution in [0.1, 0.15) is 31.7 Å².